The maximum absolute atomic E-state index is 11.6. The van der Waals surface area contributed by atoms with E-state index in [0.717, 1.165) is 22.0 Å². The molecule has 1 aromatic carbocycles. The molecule has 0 radical (unpaired) electrons. The Morgan fingerprint density at radius 2 is 2.17 bits per heavy atom. The normalized spacial score (nSPS) is 10.1. The highest BCUT2D eigenvalue weighted by Crippen LogP contribution is 2.17. The number of hydrogen-bond acceptors (Lipinski definition) is 4. The van der Waals surface area contributed by atoms with E-state index in [1.54, 1.807) is 0 Å². The third kappa shape index (κ3) is 3.30. The van der Waals surface area contributed by atoms with E-state index in [0.29, 0.717) is 0 Å². The Morgan fingerprint density at radius 3 is 2.83 bits per heavy atom. The van der Waals surface area contributed by atoms with Crippen LogP contribution in [0.1, 0.15) is 11.3 Å². The number of ether oxygens (including phenoxy) is 1. The molecule has 0 saturated carbocycles. The summed E-state index contributed by atoms with van der Waals surface area (Å²) in [6.07, 6.45) is 0. The van der Waals surface area contributed by atoms with Crippen LogP contribution in [0.15, 0.2) is 30.3 Å². The molecule has 0 fully saturated rings. The number of amides is 1. The van der Waals surface area contributed by atoms with E-state index < -0.39 is 0 Å². The van der Waals surface area contributed by atoms with Crippen LogP contribution in [-0.2, 0) is 4.79 Å². The van der Waals surface area contributed by atoms with E-state index in [1.807, 2.05) is 44.2 Å². The highest BCUT2D eigenvalue weighted by molar-refractivity contribution is 7.10. The third-order valence-corrected chi connectivity index (χ3v) is 3.14. The predicted octanol–water partition coefficient (Wildman–Crippen LogP) is 2.78. The highest BCUT2D eigenvalue weighted by atomic mass is 32.1. The van der Waals surface area contributed by atoms with E-state index in [1.165, 1.54) is 11.5 Å². The maximum atomic E-state index is 11.6. The fraction of sp³-hybridized carbons (Fsp3) is 0.231. The van der Waals surface area contributed by atoms with Gasteiger partial charge in [0.05, 0.1) is 5.69 Å². The molecule has 2 rings (SSSR count). The summed E-state index contributed by atoms with van der Waals surface area (Å²) in [6, 6.07) is 9.44. The Morgan fingerprint density at radius 1 is 1.39 bits per heavy atom. The first-order chi connectivity index (χ1) is 8.65. The molecule has 0 aliphatic heterocycles. The molecule has 4 nitrogen and oxygen atoms in total. The van der Waals surface area contributed by atoms with Gasteiger partial charge in [-0.3, -0.25) is 4.79 Å². The molecule has 0 aliphatic carbocycles. The average Bonchev–Trinajstić information content (AvgIpc) is 2.74. The first-order valence-electron chi connectivity index (χ1n) is 5.57. The molecule has 2 aromatic rings. The second-order valence-electron chi connectivity index (χ2n) is 3.93. The van der Waals surface area contributed by atoms with Gasteiger partial charge in [-0.1, -0.05) is 18.2 Å². The maximum Gasteiger partial charge on any atom is 0.262 e. The second kappa shape index (κ2) is 5.64. The molecule has 1 heterocycles. The summed E-state index contributed by atoms with van der Waals surface area (Å²) in [6.45, 7) is 3.83. The number of para-hydroxylation sites is 1. The fourth-order valence-corrected chi connectivity index (χ4v) is 2.14. The largest absolute Gasteiger partial charge is 0.483 e. The standard InChI is InChI=1S/C13H14N2O2S/c1-9-5-3-4-6-11(9)17-8-12(16)14-13-7-10(2)15-18-13/h3-7H,8H2,1-2H3,(H,14,16). The number of benzene rings is 1. The average molecular weight is 262 g/mol. The van der Waals surface area contributed by atoms with Crippen LogP contribution < -0.4 is 10.1 Å². The minimum Gasteiger partial charge on any atom is -0.483 e. The lowest BCUT2D eigenvalue weighted by Crippen LogP contribution is -2.19. The summed E-state index contributed by atoms with van der Waals surface area (Å²) < 4.78 is 9.54. The van der Waals surface area contributed by atoms with E-state index >= 15 is 0 Å². The zero-order valence-corrected chi connectivity index (χ0v) is 11.1. The molecule has 1 aromatic heterocycles. The van der Waals surface area contributed by atoms with E-state index in [4.69, 9.17) is 4.74 Å². The molecule has 1 amide bonds. The van der Waals surface area contributed by atoms with Gasteiger partial charge in [0.1, 0.15) is 10.8 Å². The fourth-order valence-electron chi connectivity index (χ4n) is 1.46. The smallest absolute Gasteiger partial charge is 0.262 e. The van der Waals surface area contributed by atoms with Crippen LogP contribution in [0.25, 0.3) is 0 Å². The van der Waals surface area contributed by atoms with Crippen LogP contribution in [0.2, 0.25) is 0 Å². The Bertz CT molecular complexity index is 551. The van der Waals surface area contributed by atoms with Crippen molar-refractivity contribution in [3.63, 3.8) is 0 Å². The molecule has 0 aliphatic rings. The molecular weight excluding hydrogens is 248 g/mol. The Balaban J connectivity index is 1.87. The number of hydrogen-bond donors (Lipinski definition) is 1. The quantitative estimate of drug-likeness (QED) is 0.921. The summed E-state index contributed by atoms with van der Waals surface area (Å²) in [7, 11) is 0. The molecule has 0 saturated heterocycles. The lowest BCUT2D eigenvalue weighted by Gasteiger charge is -2.08. The van der Waals surface area contributed by atoms with Crippen LogP contribution in [-0.4, -0.2) is 16.9 Å². The molecule has 0 atom stereocenters. The molecular formula is C13H14N2O2S. The number of rotatable bonds is 4. The molecule has 0 spiro atoms. The van der Waals surface area contributed by atoms with Crippen LogP contribution >= 0.6 is 11.5 Å². The summed E-state index contributed by atoms with van der Waals surface area (Å²) >= 11 is 1.27. The topological polar surface area (TPSA) is 51.2 Å². The zero-order valence-electron chi connectivity index (χ0n) is 10.3. The van der Waals surface area contributed by atoms with Crippen molar-refractivity contribution in [2.75, 3.05) is 11.9 Å². The van der Waals surface area contributed by atoms with Crippen molar-refractivity contribution in [1.29, 1.82) is 0 Å². The van der Waals surface area contributed by atoms with E-state index in [9.17, 15) is 4.79 Å². The number of anilines is 1. The highest BCUT2D eigenvalue weighted by Gasteiger charge is 2.06. The molecule has 0 unspecified atom stereocenters. The van der Waals surface area contributed by atoms with E-state index in [-0.39, 0.29) is 12.5 Å². The number of carbonyl (C=O) groups excluding carboxylic acids is 1. The van der Waals surface area contributed by atoms with Gasteiger partial charge >= 0.3 is 0 Å². The zero-order chi connectivity index (χ0) is 13.0. The van der Waals surface area contributed by atoms with Gasteiger partial charge in [0.2, 0.25) is 0 Å². The molecule has 1 N–H and O–H groups in total. The lowest BCUT2D eigenvalue weighted by atomic mass is 10.2. The summed E-state index contributed by atoms with van der Waals surface area (Å²) in [4.78, 5) is 11.6. The number of carbonyl (C=O) groups is 1. The van der Waals surface area contributed by atoms with Gasteiger partial charge in [-0.05, 0) is 43.1 Å². The van der Waals surface area contributed by atoms with Gasteiger partial charge in [0.15, 0.2) is 6.61 Å². The van der Waals surface area contributed by atoms with Crippen molar-refractivity contribution in [2.45, 2.75) is 13.8 Å². The van der Waals surface area contributed by atoms with Gasteiger partial charge in [-0.2, -0.15) is 4.37 Å². The summed E-state index contributed by atoms with van der Waals surface area (Å²) in [5.74, 6) is 0.551. The third-order valence-electron chi connectivity index (χ3n) is 2.34. The number of nitrogens with zero attached hydrogens (tertiary/aromatic N) is 1. The minimum atomic E-state index is -0.179. The van der Waals surface area contributed by atoms with Crippen LogP contribution in [0.3, 0.4) is 0 Å². The number of nitrogens with one attached hydrogen (secondary N) is 1. The van der Waals surface area contributed by atoms with Crippen LogP contribution in [0, 0.1) is 13.8 Å². The first-order valence-corrected chi connectivity index (χ1v) is 6.34. The lowest BCUT2D eigenvalue weighted by molar-refractivity contribution is -0.118. The first kappa shape index (κ1) is 12.6. The number of aromatic nitrogens is 1. The van der Waals surface area contributed by atoms with Crippen molar-refractivity contribution in [2.24, 2.45) is 0 Å². The van der Waals surface area contributed by atoms with Gasteiger partial charge < -0.3 is 10.1 Å². The van der Waals surface area contributed by atoms with Crippen molar-refractivity contribution in [3.05, 3.63) is 41.6 Å². The van der Waals surface area contributed by atoms with Gasteiger partial charge in [0.25, 0.3) is 5.91 Å². The molecule has 5 heteroatoms. The minimum absolute atomic E-state index is 0.00179. The van der Waals surface area contributed by atoms with Gasteiger partial charge in [-0.15, -0.1) is 0 Å². The monoisotopic (exact) mass is 262 g/mol. The van der Waals surface area contributed by atoms with E-state index in [2.05, 4.69) is 9.69 Å². The van der Waals surface area contributed by atoms with Crippen LogP contribution in [0.5, 0.6) is 5.75 Å². The van der Waals surface area contributed by atoms with Gasteiger partial charge in [0, 0.05) is 0 Å². The summed E-state index contributed by atoms with van der Waals surface area (Å²) in [5.41, 5.74) is 1.91. The van der Waals surface area contributed by atoms with Gasteiger partial charge in [-0.25, -0.2) is 0 Å². The van der Waals surface area contributed by atoms with Crippen molar-refractivity contribution >= 4 is 22.4 Å². The van der Waals surface area contributed by atoms with Crippen molar-refractivity contribution < 1.29 is 9.53 Å². The predicted molar refractivity (Wildman–Crippen MR) is 72.2 cm³/mol. The molecule has 18 heavy (non-hydrogen) atoms. The Hall–Kier alpha value is -1.88. The van der Waals surface area contributed by atoms with Crippen molar-refractivity contribution in [3.8, 4) is 5.75 Å². The number of aryl methyl sites for hydroxylation is 2. The molecule has 94 valence electrons. The second-order valence-corrected chi connectivity index (χ2v) is 4.74. The summed E-state index contributed by atoms with van der Waals surface area (Å²) in [5, 5.41) is 3.49. The van der Waals surface area contributed by atoms with Crippen molar-refractivity contribution in [1.82, 2.24) is 4.37 Å². The Kier molecular flexibility index (Phi) is 3.94. The Labute approximate surface area is 110 Å². The van der Waals surface area contributed by atoms with Crippen LogP contribution in [0.4, 0.5) is 5.00 Å². The SMILES string of the molecule is Cc1cc(NC(=O)COc2ccccc2C)sn1. The molecule has 0 bridgehead atoms.